The molecular formula is C26H18N2O5. The van der Waals surface area contributed by atoms with Crippen LogP contribution in [0.1, 0.15) is 17.0 Å². The Labute approximate surface area is 188 Å². The second-order valence-electron chi connectivity index (χ2n) is 7.59. The van der Waals surface area contributed by atoms with Crippen molar-refractivity contribution < 1.29 is 19.0 Å². The molecule has 1 aliphatic heterocycles. The molecule has 1 aliphatic rings. The lowest BCUT2D eigenvalue weighted by atomic mass is 9.83. The Balaban J connectivity index is 1.68. The van der Waals surface area contributed by atoms with Crippen molar-refractivity contribution in [2.75, 3.05) is 7.11 Å². The van der Waals surface area contributed by atoms with E-state index in [9.17, 15) is 15.2 Å². The highest BCUT2D eigenvalue weighted by molar-refractivity contribution is 5.87. The first-order valence-corrected chi connectivity index (χ1v) is 10.1. The topological polar surface area (TPSA) is 119 Å². The van der Waals surface area contributed by atoms with Crippen LogP contribution in [-0.4, -0.2) is 12.2 Å². The van der Waals surface area contributed by atoms with Gasteiger partial charge >= 0.3 is 5.63 Å². The molecule has 5 rings (SSSR count). The molecule has 0 bridgehead atoms. The molecule has 0 saturated heterocycles. The van der Waals surface area contributed by atoms with Crippen molar-refractivity contribution in [3.8, 4) is 34.4 Å². The van der Waals surface area contributed by atoms with Crippen LogP contribution in [-0.2, 0) is 0 Å². The molecule has 0 amide bonds. The Morgan fingerprint density at radius 3 is 2.58 bits per heavy atom. The number of nitrogens with two attached hydrogens (primary N) is 1. The fourth-order valence-corrected chi connectivity index (χ4v) is 4.11. The number of hydrogen-bond donors (Lipinski definition) is 2. The third-order valence-corrected chi connectivity index (χ3v) is 5.70. The molecule has 7 heteroatoms. The number of hydrogen-bond acceptors (Lipinski definition) is 7. The summed E-state index contributed by atoms with van der Waals surface area (Å²) in [5, 5.41) is 20.1. The van der Waals surface area contributed by atoms with Crippen LogP contribution in [0.15, 0.2) is 87.4 Å². The van der Waals surface area contributed by atoms with Crippen molar-refractivity contribution in [3.05, 3.63) is 99.7 Å². The van der Waals surface area contributed by atoms with Gasteiger partial charge < -0.3 is 24.7 Å². The molecule has 162 valence electrons. The van der Waals surface area contributed by atoms with E-state index in [1.165, 1.54) is 18.2 Å². The maximum Gasteiger partial charge on any atom is 0.344 e. The number of rotatable bonds is 3. The first-order chi connectivity index (χ1) is 16.0. The number of allylic oxidation sites excluding steroid dienone is 1. The van der Waals surface area contributed by atoms with Crippen molar-refractivity contribution >= 4 is 11.0 Å². The molecule has 1 unspecified atom stereocenters. The summed E-state index contributed by atoms with van der Waals surface area (Å²) in [5.41, 5.74) is 8.56. The van der Waals surface area contributed by atoms with Gasteiger partial charge in [0.25, 0.3) is 0 Å². The number of nitriles is 1. The molecule has 7 nitrogen and oxygen atoms in total. The summed E-state index contributed by atoms with van der Waals surface area (Å²) in [5.74, 6) is 0.0267. The third-order valence-electron chi connectivity index (χ3n) is 5.70. The number of fused-ring (bicyclic) bond motifs is 3. The molecule has 2 heterocycles. The van der Waals surface area contributed by atoms with Crippen LogP contribution >= 0.6 is 0 Å². The summed E-state index contributed by atoms with van der Waals surface area (Å²) in [7, 11) is 1.61. The number of ether oxygens (including phenoxy) is 2. The van der Waals surface area contributed by atoms with Crippen LogP contribution in [0.2, 0.25) is 0 Å². The van der Waals surface area contributed by atoms with E-state index >= 15 is 0 Å². The number of phenols is 1. The highest BCUT2D eigenvalue weighted by Gasteiger charge is 2.35. The van der Waals surface area contributed by atoms with Crippen molar-refractivity contribution in [1.82, 2.24) is 0 Å². The van der Waals surface area contributed by atoms with Gasteiger partial charge in [0.05, 0.1) is 24.0 Å². The summed E-state index contributed by atoms with van der Waals surface area (Å²) < 4.78 is 16.5. The van der Waals surface area contributed by atoms with Gasteiger partial charge in [0.2, 0.25) is 5.88 Å². The first kappa shape index (κ1) is 20.2. The molecule has 0 aliphatic carbocycles. The Kier molecular flexibility index (Phi) is 4.76. The minimum absolute atomic E-state index is 0.0185. The molecule has 0 spiro atoms. The summed E-state index contributed by atoms with van der Waals surface area (Å²) in [4.78, 5) is 13.0. The normalized spacial score (nSPS) is 15.0. The minimum atomic E-state index is -0.777. The Bertz CT molecular complexity index is 1530. The van der Waals surface area contributed by atoms with Crippen molar-refractivity contribution in [2.45, 2.75) is 5.92 Å². The molecule has 4 aromatic rings. The highest BCUT2D eigenvalue weighted by Crippen LogP contribution is 2.44. The van der Waals surface area contributed by atoms with Gasteiger partial charge in [-0.25, -0.2) is 4.79 Å². The first-order valence-electron chi connectivity index (χ1n) is 10.1. The van der Waals surface area contributed by atoms with Crippen LogP contribution < -0.4 is 20.8 Å². The molecule has 0 radical (unpaired) electrons. The van der Waals surface area contributed by atoms with Crippen LogP contribution in [0.25, 0.3) is 22.1 Å². The zero-order valence-corrected chi connectivity index (χ0v) is 17.5. The lowest BCUT2D eigenvalue weighted by Gasteiger charge is -2.26. The van der Waals surface area contributed by atoms with E-state index in [0.717, 1.165) is 16.9 Å². The van der Waals surface area contributed by atoms with Crippen LogP contribution in [0, 0.1) is 11.3 Å². The Morgan fingerprint density at radius 2 is 1.85 bits per heavy atom. The van der Waals surface area contributed by atoms with Crippen molar-refractivity contribution in [2.24, 2.45) is 5.73 Å². The highest BCUT2D eigenvalue weighted by atomic mass is 16.5. The molecule has 1 aromatic heterocycles. The number of methoxy groups -OCH3 is 1. The largest absolute Gasteiger partial charge is 0.508 e. The third kappa shape index (κ3) is 3.34. The zero-order valence-electron chi connectivity index (χ0n) is 17.5. The van der Waals surface area contributed by atoms with Crippen molar-refractivity contribution in [3.63, 3.8) is 0 Å². The molecule has 3 N–H and O–H groups in total. The standard InChI is InChI=1S/C26H18N2O5/c1-31-18-4-2-3-16(11-18)14-5-7-15(8-6-14)22-20(13-27)25(28)33-24-19-12-17(29)9-10-21(19)32-26(30)23(22)24/h2-12,22,29H,28H2,1H3. The van der Waals surface area contributed by atoms with Gasteiger partial charge in [-0.05, 0) is 47.0 Å². The lowest BCUT2D eigenvalue weighted by molar-refractivity contribution is 0.387. The number of nitrogens with zero attached hydrogens (tertiary/aromatic N) is 1. The fraction of sp³-hybridized carbons (Fsp3) is 0.0769. The summed E-state index contributed by atoms with van der Waals surface area (Å²) in [6, 6.07) is 21.5. The van der Waals surface area contributed by atoms with E-state index in [1.807, 2.05) is 48.5 Å². The Hall–Kier alpha value is -4.70. The predicted molar refractivity (Wildman–Crippen MR) is 122 cm³/mol. The quantitative estimate of drug-likeness (QED) is 0.455. The second kappa shape index (κ2) is 7.77. The average Bonchev–Trinajstić information content (AvgIpc) is 2.84. The number of phenolic OH excluding ortho intramolecular Hbond substituents is 1. The van der Waals surface area contributed by atoms with Crippen molar-refractivity contribution in [1.29, 1.82) is 5.26 Å². The minimum Gasteiger partial charge on any atom is -0.508 e. The van der Waals surface area contributed by atoms with Gasteiger partial charge in [-0.3, -0.25) is 0 Å². The molecule has 0 fully saturated rings. The predicted octanol–water partition coefficient (Wildman–Crippen LogP) is 4.39. The lowest BCUT2D eigenvalue weighted by Crippen LogP contribution is -2.26. The maximum atomic E-state index is 13.0. The van der Waals surface area contributed by atoms with E-state index in [-0.39, 0.29) is 34.1 Å². The van der Waals surface area contributed by atoms with Gasteiger partial charge in [-0.1, -0.05) is 36.4 Å². The molecule has 1 atom stereocenters. The maximum absolute atomic E-state index is 13.0. The van der Waals surface area contributed by atoms with Gasteiger partial charge in [-0.15, -0.1) is 0 Å². The fourth-order valence-electron chi connectivity index (χ4n) is 4.11. The van der Waals surface area contributed by atoms with Gasteiger partial charge in [0.15, 0.2) is 5.75 Å². The average molecular weight is 438 g/mol. The molecule has 33 heavy (non-hydrogen) atoms. The van der Waals surface area contributed by atoms with Crippen LogP contribution in [0.3, 0.4) is 0 Å². The zero-order chi connectivity index (χ0) is 23.1. The van der Waals surface area contributed by atoms with E-state index in [1.54, 1.807) is 7.11 Å². The van der Waals surface area contributed by atoms with E-state index in [0.29, 0.717) is 10.9 Å². The van der Waals surface area contributed by atoms with Gasteiger partial charge in [0.1, 0.15) is 28.7 Å². The molecule has 0 saturated carbocycles. The SMILES string of the molecule is COc1cccc(-c2ccc(C3C(C#N)=C(N)Oc4c3c(=O)oc3ccc(O)cc43)cc2)c1. The number of benzene rings is 3. The summed E-state index contributed by atoms with van der Waals surface area (Å²) in [6.45, 7) is 0. The van der Waals surface area contributed by atoms with Crippen LogP contribution in [0.5, 0.6) is 17.2 Å². The summed E-state index contributed by atoms with van der Waals surface area (Å²) >= 11 is 0. The second-order valence-corrected chi connectivity index (χ2v) is 7.59. The van der Waals surface area contributed by atoms with Gasteiger partial charge in [-0.2, -0.15) is 5.26 Å². The molecular weight excluding hydrogens is 420 g/mol. The monoisotopic (exact) mass is 438 g/mol. The smallest absolute Gasteiger partial charge is 0.344 e. The van der Waals surface area contributed by atoms with E-state index in [4.69, 9.17) is 19.6 Å². The van der Waals surface area contributed by atoms with Crippen LogP contribution in [0.4, 0.5) is 0 Å². The van der Waals surface area contributed by atoms with Gasteiger partial charge in [0, 0.05) is 0 Å². The van der Waals surface area contributed by atoms with E-state index in [2.05, 4.69) is 6.07 Å². The van der Waals surface area contributed by atoms with E-state index < -0.39 is 11.5 Å². The number of aromatic hydroxyl groups is 1. The Morgan fingerprint density at radius 1 is 1.06 bits per heavy atom. The molecule has 3 aromatic carbocycles. The summed E-state index contributed by atoms with van der Waals surface area (Å²) in [6.07, 6.45) is 0.